The van der Waals surface area contributed by atoms with Crippen LogP contribution in [0, 0.1) is 0 Å². The molecule has 0 atom stereocenters. The van der Waals surface area contributed by atoms with Crippen molar-refractivity contribution in [1.29, 1.82) is 0 Å². The predicted octanol–water partition coefficient (Wildman–Crippen LogP) is 2.07. The van der Waals surface area contributed by atoms with Crippen LogP contribution in [0.3, 0.4) is 0 Å². The maximum absolute atomic E-state index is 11.9. The van der Waals surface area contributed by atoms with E-state index in [1.807, 2.05) is 49.4 Å². The Morgan fingerprint density at radius 2 is 2.06 bits per heavy atom. The molecule has 0 unspecified atom stereocenters. The normalized spacial score (nSPS) is 10.9. The number of aromatic nitrogens is 2. The number of hydrogen-bond acceptors (Lipinski definition) is 3. The number of benzene rings is 1. The lowest BCUT2D eigenvalue weighted by atomic mass is 10.1. The summed E-state index contributed by atoms with van der Waals surface area (Å²) in [6, 6.07) is 11.0. The molecule has 2 N–H and O–H groups in total. The number of rotatable bonds is 3. The molecule has 1 aromatic carbocycles. The third-order valence-electron chi connectivity index (χ3n) is 2.63. The van der Waals surface area contributed by atoms with Crippen molar-refractivity contribution in [2.75, 3.05) is 5.73 Å². The van der Waals surface area contributed by atoms with Crippen LogP contribution in [0.5, 0.6) is 0 Å². The van der Waals surface area contributed by atoms with Crippen LogP contribution in [0.2, 0.25) is 0 Å². The first kappa shape index (κ1) is 12.1. The number of nitrogens with two attached hydrogens (primary N) is 1. The summed E-state index contributed by atoms with van der Waals surface area (Å²) in [6.07, 6.45) is 3.73. The zero-order valence-corrected chi connectivity index (χ0v) is 10.2. The van der Waals surface area contributed by atoms with Crippen molar-refractivity contribution in [3.8, 4) is 11.3 Å². The lowest BCUT2D eigenvalue weighted by Crippen LogP contribution is -2.23. The Hall–Kier alpha value is -2.36. The largest absolute Gasteiger partial charge is 0.369 e. The summed E-state index contributed by atoms with van der Waals surface area (Å²) in [4.78, 5) is 16.2. The molecule has 0 fully saturated rings. The summed E-state index contributed by atoms with van der Waals surface area (Å²) < 4.78 is 1.44. The quantitative estimate of drug-likeness (QED) is 0.837. The Bertz CT molecular complexity index is 615. The molecule has 0 amide bonds. The molecule has 0 radical (unpaired) electrons. The van der Waals surface area contributed by atoms with E-state index < -0.39 is 0 Å². The van der Waals surface area contributed by atoms with Gasteiger partial charge in [0.15, 0.2) is 0 Å². The van der Waals surface area contributed by atoms with Crippen LogP contribution in [0.15, 0.2) is 53.3 Å². The van der Waals surface area contributed by atoms with Gasteiger partial charge in [-0.2, -0.15) is 0 Å². The minimum atomic E-state index is -0.139. The van der Waals surface area contributed by atoms with E-state index in [1.165, 1.54) is 10.6 Å². The SMILES string of the molecule is CC=CCn1c(N)nc(-c2ccccc2)cc1=O. The Morgan fingerprint density at radius 1 is 1.33 bits per heavy atom. The Balaban J connectivity index is 2.46. The van der Waals surface area contributed by atoms with E-state index in [9.17, 15) is 4.79 Å². The van der Waals surface area contributed by atoms with Crippen LogP contribution in [0.4, 0.5) is 5.95 Å². The topological polar surface area (TPSA) is 60.9 Å². The molecule has 1 aromatic heterocycles. The second kappa shape index (κ2) is 5.31. The van der Waals surface area contributed by atoms with E-state index in [4.69, 9.17) is 5.73 Å². The average molecular weight is 241 g/mol. The van der Waals surface area contributed by atoms with Crippen LogP contribution < -0.4 is 11.3 Å². The highest BCUT2D eigenvalue weighted by molar-refractivity contribution is 5.59. The molecule has 1 heterocycles. The molecule has 2 rings (SSSR count). The fourth-order valence-corrected chi connectivity index (χ4v) is 1.67. The first-order valence-corrected chi connectivity index (χ1v) is 5.76. The number of allylic oxidation sites excluding steroid dienone is 2. The first-order valence-electron chi connectivity index (χ1n) is 5.76. The predicted molar refractivity (Wildman–Crippen MR) is 73.2 cm³/mol. The van der Waals surface area contributed by atoms with Gasteiger partial charge in [-0.25, -0.2) is 4.98 Å². The maximum Gasteiger partial charge on any atom is 0.255 e. The van der Waals surface area contributed by atoms with Gasteiger partial charge in [-0.15, -0.1) is 0 Å². The zero-order valence-electron chi connectivity index (χ0n) is 10.2. The third-order valence-corrected chi connectivity index (χ3v) is 2.63. The number of hydrogen-bond donors (Lipinski definition) is 1. The van der Waals surface area contributed by atoms with Crippen molar-refractivity contribution < 1.29 is 0 Å². The van der Waals surface area contributed by atoms with Crippen molar-refractivity contribution >= 4 is 5.95 Å². The minimum absolute atomic E-state index is 0.139. The van der Waals surface area contributed by atoms with E-state index in [-0.39, 0.29) is 11.5 Å². The zero-order chi connectivity index (χ0) is 13.0. The summed E-state index contributed by atoms with van der Waals surface area (Å²) in [7, 11) is 0. The second-order valence-electron chi connectivity index (χ2n) is 3.88. The first-order chi connectivity index (χ1) is 8.72. The highest BCUT2D eigenvalue weighted by Crippen LogP contribution is 2.15. The van der Waals surface area contributed by atoms with Gasteiger partial charge in [-0.3, -0.25) is 9.36 Å². The van der Waals surface area contributed by atoms with Crippen molar-refractivity contribution in [3.05, 3.63) is 58.9 Å². The van der Waals surface area contributed by atoms with Gasteiger partial charge in [0.05, 0.1) is 5.69 Å². The van der Waals surface area contributed by atoms with Gasteiger partial charge in [0, 0.05) is 18.2 Å². The standard InChI is InChI=1S/C14H15N3O/c1-2-3-9-17-13(18)10-12(16-14(17)15)11-7-5-4-6-8-11/h2-8,10H,9H2,1H3,(H2,15,16). The van der Waals surface area contributed by atoms with E-state index in [0.717, 1.165) is 5.56 Å². The van der Waals surface area contributed by atoms with Crippen LogP contribution in [-0.4, -0.2) is 9.55 Å². The molecule has 18 heavy (non-hydrogen) atoms. The highest BCUT2D eigenvalue weighted by atomic mass is 16.1. The molecule has 0 aliphatic rings. The van der Waals surface area contributed by atoms with Gasteiger partial charge in [0.1, 0.15) is 0 Å². The van der Waals surface area contributed by atoms with Crippen molar-refractivity contribution in [2.45, 2.75) is 13.5 Å². The van der Waals surface area contributed by atoms with Gasteiger partial charge in [-0.05, 0) is 6.92 Å². The monoisotopic (exact) mass is 241 g/mol. The lowest BCUT2D eigenvalue weighted by molar-refractivity contribution is 0.771. The van der Waals surface area contributed by atoms with Crippen LogP contribution in [-0.2, 0) is 6.54 Å². The molecule has 0 spiro atoms. The van der Waals surface area contributed by atoms with Gasteiger partial charge < -0.3 is 5.73 Å². The van der Waals surface area contributed by atoms with Crippen LogP contribution in [0.25, 0.3) is 11.3 Å². The highest BCUT2D eigenvalue weighted by Gasteiger charge is 2.06. The Morgan fingerprint density at radius 3 is 2.67 bits per heavy atom. The van der Waals surface area contributed by atoms with Gasteiger partial charge in [0.25, 0.3) is 5.56 Å². The van der Waals surface area contributed by atoms with Crippen LogP contribution >= 0.6 is 0 Å². The molecular weight excluding hydrogens is 226 g/mol. The lowest BCUT2D eigenvalue weighted by Gasteiger charge is -2.08. The molecule has 2 aromatic rings. The summed E-state index contributed by atoms with van der Waals surface area (Å²) in [5.41, 5.74) is 7.17. The van der Waals surface area contributed by atoms with Gasteiger partial charge in [0.2, 0.25) is 5.95 Å². The molecular formula is C14H15N3O. The summed E-state index contributed by atoms with van der Waals surface area (Å²) in [5, 5.41) is 0. The van der Waals surface area contributed by atoms with E-state index in [0.29, 0.717) is 12.2 Å². The summed E-state index contributed by atoms with van der Waals surface area (Å²) in [6.45, 7) is 2.34. The minimum Gasteiger partial charge on any atom is -0.369 e. The molecule has 0 saturated carbocycles. The van der Waals surface area contributed by atoms with E-state index >= 15 is 0 Å². The van der Waals surface area contributed by atoms with Crippen molar-refractivity contribution in [1.82, 2.24) is 9.55 Å². The Kier molecular flexibility index (Phi) is 3.57. The molecule has 0 bridgehead atoms. The molecule has 92 valence electrons. The fourth-order valence-electron chi connectivity index (χ4n) is 1.67. The molecule has 0 saturated heterocycles. The molecule has 0 aliphatic heterocycles. The molecule has 0 aliphatic carbocycles. The maximum atomic E-state index is 11.9. The molecule has 4 heteroatoms. The molecule has 4 nitrogen and oxygen atoms in total. The smallest absolute Gasteiger partial charge is 0.255 e. The van der Waals surface area contributed by atoms with Crippen molar-refractivity contribution in [3.63, 3.8) is 0 Å². The number of anilines is 1. The van der Waals surface area contributed by atoms with Gasteiger partial charge in [-0.1, -0.05) is 42.5 Å². The average Bonchev–Trinajstić information content (AvgIpc) is 2.39. The van der Waals surface area contributed by atoms with Crippen molar-refractivity contribution in [2.24, 2.45) is 0 Å². The van der Waals surface area contributed by atoms with Gasteiger partial charge >= 0.3 is 0 Å². The second-order valence-corrected chi connectivity index (χ2v) is 3.88. The third kappa shape index (κ3) is 2.48. The van der Waals surface area contributed by atoms with E-state index in [1.54, 1.807) is 0 Å². The summed E-state index contributed by atoms with van der Waals surface area (Å²) in [5.74, 6) is 0.236. The van der Waals surface area contributed by atoms with E-state index in [2.05, 4.69) is 4.98 Å². The summed E-state index contributed by atoms with van der Waals surface area (Å²) >= 11 is 0. The van der Waals surface area contributed by atoms with Crippen LogP contribution in [0.1, 0.15) is 6.92 Å². The number of nitrogen functional groups attached to an aromatic ring is 1. The Labute approximate surface area is 105 Å². The fraction of sp³-hybridized carbons (Fsp3) is 0.143. The number of nitrogens with zero attached hydrogens (tertiary/aromatic N) is 2.